The van der Waals surface area contributed by atoms with Crippen molar-refractivity contribution < 1.29 is 0 Å². The van der Waals surface area contributed by atoms with E-state index in [1.54, 1.807) is 0 Å². The Morgan fingerprint density at radius 2 is 0.404 bits per heavy atom. The quantitative estimate of drug-likeness (QED) is 0.0331. The zero-order valence-corrected chi connectivity index (χ0v) is 66.5. The minimum atomic E-state index is 0.890. The molecule has 564 valence electrons. The van der Waals surface area contributed by atoms with Gasteiger partial charge in [0, 0.05) is 103 Å². The lowest BCUT2D eigenvalue weighted by Gasteiger charge is -2.26. The summed E-state index contributed by atoms with van der Waals surface area (Å²) in [5.41, 5.74) is 18.1. The van der Waals surface area contributed by atoms with Crippen molar-refractivity contribution in [2.24, 2.45) is 0 Å². The number of unbranched alkanes of at least 4 members (excludes halogenated alkanes) is 15. The molecule has 3 aromatic heterocycles. The first-order valence-electron chi connectivity index (χ1n) is 42.8. The normalized spacial score (nSPS) is 12.0. The molecule has 0 aliphatic rings. The molecule has 0 aliphatic carbocycles. The summed E-state index contributed by atoms with van der Waals surface area (Å²) in [5.74, 6) is 0. The van der Waals surface area contributed by atoms with Crippen molar-refractivity contribution in [3.8, 4) is 0 Å². The fourth-order valence-electron chi connectivity index (χ4n) is 19.0. The van der Waals surface area contributed by atoms with Gasteiger partial charge in [0.05, 0.1) is 33.1 Å². The Morgan fingerprint density at radius 3 is 0.675 bits per heavy atom. The first-order valence-corrected chi connectivity index (χ1v) is 42.8. The number of para-hydroxylation sites is 3. The molecule has 6 heteroatoms. The van der Waals surface area contributed by atoms with Crippen LogP contribution in [0.5, 0.6) is 0 Å². The van der Waals surface area contributed by atoms with Gasteiger partial charge in [0.1, 0.15) is 0 Å². The lowest BCUT2D eigenvalue weighted by atomic mass is 10.0. The van der Waals surface area contributed by atoms with E-state index in [1.165, 1.54) is 226 Å². The second kappa shape index (κ2) is 32.2. The molecule has 0 amide bonds. The van der Waals surface area contributed by atoms with E-state index in [0.717, 1.165) is 90.1 Å². The topological polar surface area (TPSA) is 24.5 Å². The van der Waals surface area contributed by atoms with Crippen molar-refractivity contribution in [3.63, 3.8) is 0 Å². The second-order valence-corrected chi connectivity index (χ2v) is 32.2. The van der Waals surface area contributed by atoms with Crippen molar-refractivity contribution in [1.29, 1.82) is 0 Å². The number of anilines is 9. The van der Waals surface area contributed by atoms with Crippen LogP contribution in [0.15, 0.2) is 309 Å². The Kier molecular flexibility index (Phi) is 20.4. The highest BCUT2D eigenvalue weighted by molar-refractivity contribution is 6.40. The van der Waals surface area contributed by atoms with Crippen LogP contribution in [-0.4, -0.2) is 13.7 Å². The van der Waals surface area contributed by atoms with Gasteiger partial charge < -0.3 is 28.4 Å². The van der Waals surface area contributed by atoms with Crippen molar-refractivity contribution in [1.82, 2.24) is 13.7 Å². The highest BCUT2D eigenvalue weighted by Gasteiger charge is 2.30. The number of hydrogen-bond donors (Lipinski definition) is 0. The number of hydrogen-bond acceptors (Lipinski definition) is 3. The van der Waals surface area contributed by atoms with E-state index in [2.05, 4.69) is 359 Å². The lowest BCUT2D eigenvalue weighted by molar-refractivity contribution is 0.570. The molecular weight excluding hydrogens is 1380 g/mol. The minimum absolute atomic E-state index is 0.890. The summed E-state index contributed by atoms with van der Waals surface area (Å²) < 4.78 is 8.55. The summed E-state index contributed by atoms with van der Waals surface area (Å²) in [7, 11) is 0. The Hall–Kier alpha value is -12.1. The fraction of sp³-hybridized carbons (Fsp3) is 0.222. The molecule has 19 rings (SSSR count). The van der Waals surface area contributed by atoms with Gasteiger partial charge in [-0.3, -0.25) is 0 Å². The van der Waals surface area contributed by atoms with Crippen LogP contribution >= 0.6 is 0 Å². The number of fused-ring (bicyclic) bond motifs is 18. The summed E-state index contributed by atoms with van der Waals surface area (Å²) in [6.45, 7) is 9.69. The van der Waals surface area contributed by atoms with Crippen molar-refractivity contribution in [2.45, 2.75) is 156 Å². The number of nitrogens with zero attached hydrogens (tertiary/aromatic N) is 6. The average molecular weight is 1480 g/mol. The maximum atomic E-state index is 2.85. The van der Waals surface area contributed by atoms with E-state index >= 15 is 0 Å². The van der Waals surface area contributed by atoms with Crippen LogP contribution in [0.25, 0.3) is 130 Å². The van der Waals surface area contributed by atoms with Gasteiger partial charge in [-0.15, -0.1) is 0 Å². The van der Waals surface area contributed by atoms with Crippen LogP contribution in [0.1, 0.15) is 136 Å². The molecule has 0 bridgehead atoms. The third kappa shape index (κ3) is 13.7. The van der Waals surface area contributed by atoms with E-state index < -0.39 is 0 Å². The number of aromatic nitrogens is 3. The average Bonchev–Trinajstić information content (AvgIpc) is 1.51. The van der Waals surface area contributed by atoms with Gasteiger partial charge in [-0.05, 0) is 229 Å². The van der Waals surface area contributed by atoms with Crippen molar-refractivity contribution in [3.05, 3.63) is 309 Å². The van der Waals surface area contributed by atoms with E-state index in [1.807, 2.05) is 0 Å². The standard InChI is InChI=1S/C108H102N6/c1-4-7-10-13-16-34-61-109-100-73-94(112(88-43-22-19-23-44-88)91-52-49-82-64-76-37-28-31-40-79(76)67-85(82)70-91)55-58-97(100)103-106(109)104-98-59-56-95(113(89-45-24-20-25-46-89)92-53-50-83-65-77-38-29-32-41-80(77)68-86(83)71-92)74-101(98)110(62-35-17-14-11-8-5-2)108(104)105-99-60-57-96(75-102(99)111(107(103)105)63-36-18-15-12-9-6-3)114(90-47-26-21-27-48-90)93-54-51-84-66-78-39-30-33-42-81(78)69-87(84)72-93/h19-33,37-60,64-75H,4-18,34-36,61-63H2,1-3H3. The van der Waals surface area contributed by atoms with E-state index in [9.17, 15) is 0 Å². The Balaban J connectivity index is 0.918. The third-order valence-corrected chi connectivity index (χ3v) is 24.7. The van der Waals surface area contributed by atoms with Gasteiger partial charge >= 0.3 is 0 Å². The first-order chi connectivity index (χ1) is 56.4. The zero-order valence-electron chi connectivity index (χ0n) is 66.5. The zero-order chi connectivity index (χ0) is 76.4. The highest BCUT2D eigenvalue weighted by Crippen LogP contribution is 2.52. The highest BCUT2D eigenvalue weighted by atomic mass is 15.2. The predicted molar refractivity (Wildman–Crippen MR) is 495 cm³/mol. The molecule has 19 aromatic rings. The van der Waals surface area contributed by atoms with Crippen LogP contribution in [0, 0.1) is 0 Å². The Bertz CT molecular complexity index is 6050. The number of rotatable bonds is 30. The molecule has 0 atom stereocenters. The lowest BCUT2D eigenvalue weighted by Crippen LogP contribution is -2.10. The van der Waals surface area contributed by atoms with Gasteiger partial charge in [-0.25, -0.2) is 0 Å². The van der Waals surface area contributed by atoms with Gasteiger partial charge in [0.2, 0.25) is 0 Å². The summed E-state index contributed by atoms with van der Waals surface area (Å²) >= 11 is 0. The Labute approximate surface area is 670 Å². The molecule has 0 aliphatic heterocycles. The largest absolute Gasteiger partial charge is 0.340 e. The summed E-state index contributed by atoms with van der Waals surface area (Å²) in [6, 6.07) is 118. The molecule has 6 nitrogen and oxygen atoms in total. The molecular formula is C108H102N6. The number of aryl methyl sites for hydroxylation is 3. The van der Waals surface area contributed by atoms with Crippen LogP contribution < -0.4 is 14.7 Å². The van der Waals surface area contributed by atoms with Gasteiger partial charge in [-0.2, -0.15) is 0 Å². The maximum Gasteiger partial charge on any atom is 0.0614 e. The maximum absolute atomic E-state index is 2.85. The molecule has 3 heterocycles. The molecule has 0 unspecified atom stereocenters. The van der Waals surface area contributed by atoms with Crippen LogP contribution in [0.2, 0.25) is 0 Å². The summed E-state index contributed by atoms with van der Waals surface area (Å²) in [6.07, 6.45) is 21.7. The summed E-state index contributed by atoms with van der Waals surface area (Å²) in [4.78, 5) is 7.55. The van der Waals surface area contributed by atoms with Gasteiger partial charge in [0.15, 0.2) is 0 Å². The van der Waals surface area contributed by atoms with Crippen LogP contribution in [0.3, 0.4) is 0 Å². The van der Waals surface area contributed by atoms with Crippen LogP contribution in [-0.2, 0) is 19.6 Å². The predicted octanol–water partition coefficient (Wildman–Crippen LogP) is 32.4. The summed E-state index contributed by atoms with van der Waals surface area (Å²) in [5, 5.41) is 22.9. The molecule has 0 radical (unpaired) electrons. The van der Waals surface area contributed by atoms with Crippen LogP contribution in [0.4, 0.5) is 51.2 Å². The molecule has 0 saturated carbocycles. The first kappa shape index (κ1) is 72.1. The second-order valence-electron chi connectivity index (χ2n) is 32.2. The van der Waals surface area contributed by atoms with E-state index in [4.69, 9.17) is 0 Å². The monoisotopic (exact) mass is 1480 g/mol. The molecule has 0 saturated heterocycles. The van der Waals surface area contributed by atoms with E-state index in [0.29, 0.717) is 0 Å². The smallest absolute Gasteiger partial charge is 0.0614 e. The minimum Gasteiger partial charge on any atom is -0.340 e. The third-order valence-electron chi connectivity index (χ3n) is 24.7. The molecule has 0 N–H and O–H groups in total. The van der Waals surface area contributed by atoms with Crippen molar-refractivity contribution >= 4 is 181 Å². The van der Waals surface area contributed by atoms with E-state index in [-0.39, 0.29) is 0 Å². The van der Waals surface area contributed by atoms with Gasteiger partial charge in [0.25, 0.3) is 0 Å². The SMILES string of the molecule is CCCCCCCCn1c2cc(N(c3ccccc3)c3ccc4cc5ccccc5cc4c3)ccc2c2c1c1c3ccc(N(c4ccccc4)c4ccc5cc6ccccc6cc5c4)cc3n(CCCCCCCC)c1c1c3ccc(N(c4ccccc4)c4ccc5cc6ccccc6cc5c4)cc3n(CCCCCCCC)c21. The molecule has 0 fully saturated rings. The number of benzene rings is 16. The molecule has 0 spiro atoms. The Morgan fingerprint density at radius 1 is 0.184 bits per heavy atom. The molecule has 16 aromatic carbocycles. The fourth-order valence-corrected chi connectivity index (χ4v) is 19.0. The van der Waals surface area contributed by atoms with Gasteiger partial charge in [-0.1, -0.05) is 281 Å². The van der Waals surface area contributed by atoms with Crippen molar-refractivity contribution in [2.75, 3.05) is 14.7 Å². The molecule has 114 heavy (non-hydrogen) atoms.